The molecule has 0 nitrogen and oxygen atoms in total. The summed E-state index contributed by atoms with van der Waals surface area (Å²) in [6.45, 7) is 0. The van der Waals surface area contributed by atoms with Gasteiger partial charge >= 0.3 is 0 Å². The Labute approximate surface area is 69.0 Å². The summed E-state index contributed by atoms with van der Waals surface area (Å²) in [7, 11) is 0. The van der Waals surface area contributed by atoms with Crippen molar-refractivity contribution in [3.63, 3.8) is 0 Å². The maximum atomic E-state index is 12.0. The fourth-order valence-electron chi connectivity index (χ4n) is 1.27. The van der Waals surface area contributed by atoms with Gasteiger partial charge < -0.3 is 0 Å². The Morgan fingerprint density at radius 1 is 0.833 bits per heavy atom. The van der Waals surface area contributed by atoms with E-state index in [0.717, 1.165) is 0 Å². The minimum absolute atomic E-state index is 0.0761. The molecule has 0 spiro atoms. The van der Waals surface area contributed by atoms with Gasteiger partial charge in [-0.1, -0.05) is 0 Å². The average Bonchev–Trinajstić information content (AvgIpc) is 2.04. The Morgan fingerprint density at radius 3 is 1.33 bits per heavy atom. The molecule has 2 radical (unpaired) electrons. The van der Waals surface area contributed by atoms with Crippen molar-refractivity contribution in [1.29, 1.82) is 0 Å². The molecule has 2 atom stereocenters. The predicted molar refractivity (Wildman–Crippen MR) is 36.8 cm³/mol. The highest BCUT2D eigenvalue weighted by Gasteiger charge is 2.31. The molecule has 0 heterocycles. The smallest absolute Gasteiger partial charge is 0.210 e. The van der Waals surface area contributed by atoms with Crippen molar-refractivity contribution >= 4 is 0 Å². The number of hydrogen-bond donors (Lipinski definition) is 0. The Hall–Kier alpha value is -0.280. The van der Waals surface area contributed by atoms with Crippen LogP contribution in [0, 0.1) is 24.7 Å². The van der Waals surface area contributed by atoms with Crippen molar-refractivity contribution in [2.75, 3.05) is 0 Å². The first kappa shape index (κ1) is 9.81. The van der Waals surface area contributed by atoms with E-state index < -0.39 is 24.7 Å². The molecule has 0 saturated heterocycles. The molecule has 1 aliphatic carbocycles. The zero-order valence-electron chi connectivity index (χ0n) is 6.39. The van der Waals surface area contributed by atoms with Gasteiger partial charge in [0.05, 0.1) is 0 Å². The topological polar surface area (TPSA) is 0 Å². The third-order valence-electron chi connectivity index (χ3n) is 2.07. The number of rotatable bonds is 2. The lowest BCUT2D eigenvalue weighted by atomic mass is 9.82. The van der Waals surface area contributed by atoms with Crippen molar-refractivity contribution < 1.29 is 17.6 Å². The summed E-state index contributed by atoms with van der Waals surface area (Å²) in [6, 6.07) is 0. The van der Waals surface area contributed by atoms with Crippen LogP contribution in [-0.4, -0.2) is 12.9 Å². The van der Waals surface area contributed by atoms with Gasteiger partial charge in [0.25, 0.3) is 0 Å². The van der Waals surface area contributed by atoms with Gasteiger partial charge in [-0.3, -0.25) is 0 Å². The van der Waals surface area contributed by atoms with Gasteiger partial charge in [-0.15, -0.1) is 0 Å². The molecule has 1 rings (SSSR count). The predicted octanol–water partition coefficient (Wildman–Crippen LogP) is 2.95. The molecule has 1 aliphatic rings. The van der Waals surface area contributed by atoms with Gasteiger partial charge in [-0.2, -0.15) is 0 Å². The molecule has 0 bridgehead atoms. The molecule has 0 aromatic rings. The van der Waals surface area contributed by atoms with E-state index in [4.69, 9.17) is 0 Å². The zero-order chi connectivity index (χ0) is 9.14. The van der Waals surface area contributed by atoms with E-state index in [1.807, 2.05) is 0 Å². The molecule has 70 valence electrons. The van der Waals surface area contributed by atoms with E-state index in [1.54, 1.807) is 0 Å². The molecule has 0 amide bonds. The molecule has 0 N–H and O–H groups in total. The van der Waals surface area contributed by atoms with Crippen LogP contribution in [0.5, 0.6) is 0 Å². The van der Waals surface area contributed by atoms with Gasteiger partial charge in [0.2, 0.25) is 12.9 Å². The zero-order valence-corrected chi connectivity index (χ0v) is 6.39. The molecule has 12 heavy (non-hydrogen) atoms. The third kappa shape index (κ3) is 2.35. The van der Waals surface area contributed by atoms with Crippen molar-refractivity contribution in [1.82, 2.24) is 0 Å². The van der Waals surface area contributed by atoms with Gasteiger partial charge in [0, 0.05) is 11.8 Å². The summed E-state index contributed by atoms with van der Waals surface area (Å²) >= 11 is 0. The highest BCUT2D eigenvalue weighted by Crippen LogP contribution is 2.33. The Balaban J connectivity index is 2.30. The Morgan fingerprint density at radius 2 is 1.17 bits per heavy atom. The summed E-state index contributed by atoms with van der Waals surface area (Å²) in [5.41, 5.74) is 0. The first-order valence-electron chi connectivity index (χ1n) is 3.84. The highest BCUT2D eigenvalue weighted by atomic mass is 19.3. The van der Waals surface area contributed by atoms with Crippen molar-refractivity contribution in [2.24, 2.45) is 11.8 Å². The quantitative estimate of drug-likeness (QED) is 0.576. The minimum atomic E-state index is -2.42. The second-order valence-electron chi connectivity index (χ2n) is 2.94. The van der Waals surface area contributed by atoms with Gasteiger partial charge in [0.15, 0.2) is 0 Å². The number of alkyl halides is 4. The van der Waals surface area contributed by atoms with Crippen molar-refractivity contribution in [3.05, 3.63) is 12.8 Å². The van der Waals surface area contributed by atoms with Crippen LogP contribution in [0.3, 0.4) is 0 Å². The van der Waals surface area contributed by atoms with Crippen molar-refractivity contribution in [3.8, 4) is 0 Å². The average molecular weight is 182 g/mol. The fraction of sp³-hybridized carbons (Fsp3) is 0.750. The van der Waals surface area contributed by atoms with Crippen LogP contribution in [0.15, 0.2) is 0 Å². The van der Waals surface area contributed by atoms with E-state index in [0.29, 0.717) is 0 Å². The van der Waals surface area contributed by atoms with Gasteiger partial charge in [-0.05, 0) is 25.7 Å². The summed E-state index contributed by atoms with van der Waals surface area (Å²) in [5.74, 6) is -1.64. The van der Waals surface area contributed by atoms with Crippen LogP contribution in [0.1, 0.15) is 12.8 Å². The Kier molecular flexibility index (Phi) is 3.35. The second kappa shape index (κ2) is 4.10. The summed E-state index contributed by atoms with van der Waals surface area (Å²) in [6.07, 6.45) is -2.07. The van der Waals surface area contributed by atoms with Gasteiger partial charge in [-0.25, -0.2) is 17.6 Å². The Bertz CT molecular complexity index is 111. The minimum Gasteiger partial charge on any atom is -0.210 e. The molecular formula is C8H10F4. The number of hydrogen-bond acceptors (Lipinski definition) is 0. The number of halogens is 4. The molecule has 1 fully saturated rings. The lowest BCUT2D eigenvalue weighted by Gasteiger charge is -2.26. The van der Waals surface area contributed by atoms with E-state index in [1.165, 1.54) is 12.8 Å². The van der Waals surface area contributed by atoms with Crippen LogP contribution in [0.4, 0.5) is 17.6 Å². The van der Waals surface area contributed by atoms with E-state index in [2.05, 4.69) is 0 Å². The SMILES string of the molecule is FC(F)C1[CH]CC(C(F)F)[CH]C1. The largest absolute Gasteiger partial charge is 0.241 e. The van der Waals surface area contributed by atoms with Crippen LogP contribution < -0.4 is 0 Å². The lowest BCUT2D eigenvalue weighted by molar-refractivity contribution is 0.0507. The molecule has 2 unspecified atom stereocenters. The van der Waals surface area contributed by atoms with Crippen LogP contribution in [0.25, 0.3) is 0 Å². The van der Waals surface area contributed by atoms with Crippen molar-refractivity contribution in [2.45, 2.75) is 25.7 Å². The lowest BCUT2D eigenvalue weighted by Crippen LogP contribution is -2.25. The molecule has 0 aromatic heterocycles. The maximum absolute atomic E-state index is 12.0. The van der Waals surface area contributed by atoms with E-state index in [-0.39, 0.29) is 12.8 Å². The fourth-order valence-corrected chi connectivity index (χ4v) is 1.27. The normalized spacial score (nSPS) is 31.5. The third-order valence-corrected chi connectivity index (χ3v) is 2.07. The van der Waals surface area contributed by atoms with E-state index >= 15 is 0 Å². The molecule has 4 heteroatoms. The molecular weight excluding hydrogens is 172 g/mol. The van der Waals surface area contributed by atoms with Crippen LogP contribution >= 0.6 is 0 Å². The molecule has 0 aromatic carbocycles. The first-order chi connectivity index (χ1) is 5.61. The van der Waals surface area contributed by atoms with Crippen LogP contribution in [0.2, 0.25) is 0 Å². The molecule has 0 aliphatic heterocycles. The highest BCUT2D eigenvalue weighted by molar-refractivity contribution is 4.96. The molecule has 1 saturated carbocycles. The van der Waals surface area contributed by atoms with Crippen LogP contribution in [-0.2, 0) is 0 Å². The maximum Gasteiger partial charge on any atom is 0.241 e. The monoisotopic (exact) mass is 182 g/mol. The van der Waals surface area contributed by atoms with Gasteiger partial charge in [0.1, 0.15) is 0 Å². The van der Waals surface area contributed by atoms with E-state index in [9.17, 15) is 17.6 Å². The standard InChI is InChI=1S/C8H10F4/c9-7(10)5-1-2-6(4-3-5)8(11)12/h1,4-8H,2-3H2. The summed E-state index contributed by atoms with van der Waals surface area (Å²) in [5, 5.41) is 0. The summed E-state index contributed by atoms with van der Waals surface area (Å²) < 4.78 is 48.0. The first-order valence-corrected chi connectivity index (χ1v) is 3.84. The second-order valence-corrected chi connectivity index (χ2v) is 2.94. The summed E-state index contributed by atoms with van der Waals surface area (Å²) in [4.78, 5) is 0.